The zero-order valence-corrected chi connectivity index (χ0v) is 25.2. The number of halogens is 2. The molecule has 2 heterocycles. The van der Waals surface area contributed by atoms with Gasteiger partial charge in [0.15, 0.2) is 4.80 Å². The number of benzene rings is 3. The summed E-state index contributed by atoms with van der Waals surface area (Å²) in [5, 5.41) is 0.552. The molecule has 3 aromatic carbocycles. The van der Waals surface area contributed by atoms with Gasteiger partial charge in [-0.1, -0.05) is 71.5 Å². The second-order valence-electron chi connectivity index (χ2n) is 9.34. The maximum Gasteiger partial charge on any atom is 0.338 e. The molecule has 1 aliphatic heterocycles. The molecule has 0 saturated carbocycles. The SMILES string of the molecule is CCOC(=O)C1=C(c2ccccc2)N=c2s/c(=C\c3ccc(OC(C)C)c(Br)c3)c(=O)n2[C@H]1c1ccc(Cl)cc1. The third-order valence-electron chi connectivity index (χ3n) is 6.18. The van der Waals surface area contributed by atoms with Crippen LogP contribution in [0.1, 0.15) is 43.5 Å². The van der Waals surface area contributed by atoms with Gasteiger partial charge in [-0.3, -0.25) is 9.36 Å². The van der Waals surface area contributed by atoms with Gasteiger partial charge in [-0.05, 0) is 78.2 Å². The van der Waals surface area contributed by atoms with Crippen molar-refractivity contribution in [3.8, 4) is 5.75 Å². The van der Waals surface area contributed by atoms with E-state index >= 15 is 0 Å². The molecular weight excluding hydrogens is 612 g/mol. The normalized spacial score (nSPS) is 15.2. The van der Waals surface area contributed by atoms with E-state index in [4.69, 9.17) is 26.1 Å². The van der Waals surface area contributed by atoms with Gasteiger partial charge in [-0.15, -0.1) is 0 Å². The molecule has 9 heteroatoms. The summed E-state index contributed by atoms with van der Waals surface area (Å²) in [6.45, 7) is 5.87. The minimum atomic E-state index is -0.751. The molecule has 0 radical (unpaired) electrons. The predicted octanol–water partition coefficient (Wildman–Crippen LogP) is 6.14. The fraction of sp³-hybridized carbons (Fsp3) is 0.194. The lowest BCUT2D eigenvalue weighted by atomic mass is 9.93. The van der Waals surface area contributed by atoms with Gasteiger partial charge < -0.3 is 9.47 Å². The molecule has 4 aromatic rings. The van der Waals surface area contributed by atoms with Gasteiger partial charge in [0.2, 0.25) is 0 Å². The van der Waals surface area contributed by atoms with Crippen LogP contribution in [-0.2, 0) is 9.53 Å². The van der Waals surface area contributed by atoms with Crippen LogP contribution in [0.5, 0.6) is 5.75 Å². The number of fused-ring (bicyclic) bond motifs is 1. The fourth-order valence-electron chi connectivity index (χ4n) is 4.51. The number of ether oxygens (including phenoxy) is 2. The molecule has 204 valence electrons. The van der Waals surface area contributed by atoms with Crippen LogP contribution in [0.2, 0.25) is 5.02 Å². The molecule has 1 aromatic heterocycles. The standard InChI is InChI=1S/C31H26BrClN2O4S/c1-4-38-30(37)26-27(20-8-6-5-7-9-20)34-31-35(28(26)21-11-13-22(33)14-12-21)29(36)25(40-31)17-19-10-15-24(23(32)16-19)39-18(2)3/h5-18,28H,4H2,1-3H3/b25-17-/t28-/m0/s1. The first kappa shape index (κ1) is 28.1. The van der Waals surface area contributed by atoms with Crippen molar-refractivity contribution in [3.63, 3.8) is 0 Å². The zero-order chi connectivity index (χ0) is 28.4. The first-order valence-corrected chi connectivity index (χ1v) is 14.8. The molecule has 0 unspecified atom stereocenters. The molecule has 0 fully saturated rings. The zero-order valence-electron chi connectivity index (χ0n) is 22.1. The molecular formula is C31H26BrClN2O4S. The average Bonchev–Trinajstić information content (AvgIpc) is 3.24. The molecule has 0 spiro atoms. The largest absolute Gasteiger partial charge is 0.490 e. The van der Waals surface area contributed by atoms with E-state index in [0.29, 0.717) is 25.6 Å². The van der Waals surface area contributed by atoms with Gasteiger partial charge in [0.25, 0.3) is 5.56 Å². The number of carbonyl (C=O) groups excluding carboxylic acids is 1. The van der Waals surface area contributed by atoms with Crippen LogP contribution in [0.15, 0.2) is 92.6 Å². The maximum absolute atomic E-state index is 14.0. The van der Waals surface area contributed by atoms with Crippen molar-refractivity contribution in [2.45, 2.75) is 32.9 Å². The molecule has 0 amide bonds. The van der Waals surface area contributed by atoms with E-state index in [1.807, 2.05) is 80.6 Å². The van der Waals surface area contributed by atoms with Crippen molar-refractivity contribution in [2.75, 3.05) is 6.61 Å². The molecule has 0 aliphatic carbocycles. The highest BCUT2D eigenvalue weighted by molar-refractivity contribution is 9.10. The van der Waals surface area contributed by atoms with E-state index in [1.165, 1.54) is 11.3 Å². The number of aromatic nitrogens is 1. The molecule has 0 bridgehead atoms. The van der Waals surface area contributed by atoms with Crippen molar-refractivity contribution < 1.29 is 14.3 Å². The van der Waals surface area contributed by atoms with E-state index in [2.05, 4.69) is 15.9 Å². The van der Waals surface area contributed by atoms with Crippen molar-refractivity contribution in [1.82, 2.24) is 4.57 Å². The summed E-state index contributed by atoms with van der Waals surface area (Å²) >= 11 is 11.0. The summed E-state index contributed by atoms with van der Waals surface area (Å²) in [5.74, 6) is 0.201. The maximum atomic E-state index is 14.0. The van der Waals surface area contributed by atoms with E-state index in [1.54, 1.807) is 23.6 Å². The van der Waals surface area contributed by atoms with Gasteiger partial charge in [0.1, 0.15) is 5.75 Å². The predicted molar refractivity (Wildman–Crippen MR) is 162 cm³/mol. The first-order chi connectivity index (χ1) is 19.3. The summed E-state index contributed by atoms with van der Waals surface area (Å²) in [7, 11) is 0. The Morgan fingerprint density at radius 3 is 2.50 bits per heavy atom. The first-order valence-electron chi connectivity index (χ1n) is 12.8. The fourth-order valence-corrected chi connectivity index (χ4v) is 6.13. The summed E-state index contributed by atoms with van der Waals surface area (Å²) in [5.41, 5.74) is 2.82. The summed E-state index contributed by atoms with van der Waals surface area (Å²) in [6.07, 6.45) is 1.86. The highest BCUT2D eigenvalue weighted by atomic mass is 79.9. The quantitative estimate of drug-likeness (QED) is 0.229. The van der Waals surface area contributed by atoms with Crippen molar-refractivity contribution in [3.05, 3.63) is 124 Å². The van der Waals surface area contributed by atoms with Crippen LogP contribution in [0.25, 0.3) is 11.8 Å². The number of rotatable bonds is 7. The van der Waals surface area contributed by atoms with Crippen molar-refractivity contribution in [2.24, 2.45) is 4.99 Å². The van der Waals surface area contributed by atoms with Crippen LogP contribution < -0.4 is 19.6 Å². The Bertz CT molecular complexity index is 1780. The molecule has 0 saturated heterocycles. The Kier molecular flexibility index (Phi) is 8.40. The number of esters is 1. The second kappa shape index (κ2) is 12.0. The lowest BCUT2D eigenvalue weighted by molar-refractivity contribution is -0.138. The van der Waals surface area contributed by atoms with Crippen LogP contribution >= 0.6 is 38.9 Å². The molecule has 5 rings (SSSR count). The molecule has 40 heavy (non-hydrogen) atoms. The summed E-state index contributed by atoms with van der Waals surface area (Å²) in [4.78, 5) is 32.8. The van der Waals surface area contributed by atoms with Crippen LogP contribution in [-0.4, -0.2) is 23.2 Å². The van der Waals surface area contributed by atoms with E-state index in [9.17, 15) is 9.59 Å². The lowest BCUT2D eigenvalue weighted by Gasteiger charge is -2.25. The van der Waals surface area contributed by atoms with Gasteiger partial charge >= 0.3 is 5.97 Å². The van der Waals surface area contributed by atoms with Gasteiger partial charge in [-0.2, -0.15) is 0 Å². The number of thiazole rings is 1. The molecule has 1 atom stereocenters. The van der Waals surface area contributed by atoms with E-state index < -0.39 is 12.0 Å². The number of hydrogen-bond acceptors (Lipinski definition) is 6. The topological polar surface area (TPSA) is 69.9 Å². The van der Waals surface area contributed by atoms with E-state index in [-0.39, 0.29) is 18.3 Å². The number of carbonyl (C=O) groups is 1. The van der Waals surface area contributed by atoms with Crippen molar-refractivity contribution >= 4 is 56.6 Å². The Hall–Kier alpha value is -3.46. The Labute approximate surface area is 249 Å². The van der Waals surface area contributed by atoms with Crippen LogP contribution in [0.3, 0.4) is 0 Å². The lowest BCUT2D eigenvalue weighted by Crippen LogP contribution is -2.40. The summed E-state index contributed by atoms with van der Waals surface area (Å²) < 4.78 is 14.2. The monoisotopic (exact) mass is 636 g/mol. The Morgan fingerprint density at radius 2 is 1.85 bits per heavy atom. The van der Waals surface area contributed by atoms with E-state index in [0.717, 1.165) is 26.9 Å². The van der Waals surface area contributed by atoms with Gasteiger partial charge in [0.05, 0.1) is 39.0 Å². The van der Waals surface area contributed by atoms with Crippen molar-refractivity contribution in [1.29, 1.82) is 0 Å². The number of nitrogens with zero attached hydrogens (tertiary/aromatic N) is 2. The third kappa shape index (κ3) is 5.70. The van der Waals surface area contributed by atoms with Crippen LogP contribution in [0, 0.1) is 0 Å². The highest BCUT2D eigenvalue weighted by Gasteiger charge is 2.35. The van der Waals surface area contributed by atoms with Gasteiger partial charge in [-0.25, -0.2) is 9.79 Å². The Morgan fingerprint density at radius 1 is 1.12 bits per heavy atom. The summed E-state index contributed by atoms with van der Waals surface area (Å²) in [6, 6.07) is 21.5. The molecule has 0 N–H and O–H groups in total. The van der Waals surface area contributed by atoms with Gasteiger partial charge in [0, 0.05) is 10.6 Å². The third-order valence-corrected chi connectivity index (χ3v) is 8.03. The molecule has 6 nitrogen and oxygen atoms in total. The second-order valence-corrected chi connectivity index (χ2v) is 11.6. The average molecular weight is 638 g/mol. The highest BCUT2D eigenvalue weighted by Crippen LogP contribution is 2.35. The molecule has 1 aliphatic rings. The van der Waals surface area contributed by atoms with Crippen LogP contribution in [0.4, 0.5) is 0 Å². The number of hydrogen-bond donors (Lipinski definition) is 0. The Balaban J connectivity index is 1.75. The smallest absolute Gasteiger partial charge is 0.338 e. The minimum Gasteiger partial charge on any atom is -0.490 e. The minimum absolute atomic E-state index is 0.0334.